The lowest BCUT2D eigenvalue weighted by molar-refractivity contribution is 0.497. The van der Waals surface area contributed by atoms with Gasteiger partial charge in [0.25, 0.3) is 0 Å². The van der Waals surface area contributed by atoms with Crippen LogP contribution >= 0.6 is 27.3 Å². The predicted molar refractivity (Wildman–Crippen MR) is 70.0 cm³/mol. The van der Waals surface area contributed by atoms with Crippen molar-refractivity contribution in [3.63, 3.8) is 0 Å². The van der Waals surface area contributed by atoms with Gasteiger partial charge in [-0.05, 0) is 40.2 Å². The third-order valence-corrected chi connectivity index (χ3v) is 4.00. The molecule has 2 aromatic rings. The van der Waals surface area contributed by atoms with E-state index < -0.39 is 0 Å². The van der Waals surface area contributed by atoms with Crippen LogP contribution < -0.4 is 11.3 Å². The molecule has 0 aromatic carbocycles. The molecule has 0 saturated carbocycles. The molecule has 0 aliphatic rings. The summed E-state index contributed by atoms with van der Waals surface area (Å²) in [6.07, 6.45) is 2.17. The van der Waals surface area contributed by atoms with E-state index in [1.165, 1.54) is 6.07 Å². The molecule has 0 spiro atoms. The van der Waals surface area contributed by atoms with Crippen LogP contribution in [0.4, 0.5) is 4.39 Å². The van der Waals surface area contributed by atoms with E-state index in [1.54, 1.807) is 23.6 Å². The highest BCUT2D eigenvalue weighted by Crippen LogP contribution is 2.26. The Morgan fingerprint density at radius 1 is 1.47 bits per heavy atom. The highest BCUT2D eigenvalue weighted by molar-refractivity contribution is 9.11. The third-order valence-electron chi connectivity index (χ3n) is 2.35. The quantitative estimate of drug-likeness (QED) is 0.674. The summed E-state index contributed by atoms with van der Waals surface area (Å²) in [5, 5.41) is 0. The number of pyridine rings is 1. The second-order valence-corrected chi connectivity index (χ2v) is 6.05. The van der Waals surface area contributed by atoms with Crippen molar-refractivity contribution in [1.29, 1.82) is 0 Å². The van der Waals surface area contributed by atoms with Crippen molar-refractivity contribution in [2.45, 2.75) is 12.5 Å². The van der Waals surface area contributed by atoms with E-state index in [9.17, 15) is 4.39 Å². The van der Waals surface area contributed by atoms with Crippen LogP contribution in [0, 0.1) is 5.82 Å². The molecule has 1 atom stereocenters. The minimum absolute atomic E-state index is 0.318. The second kappa shape index (κ2) is 5.68. The molecule has 3 N–H and O–H groups in total. The SMILES string of the molecule is NNC(Cc1ccc(Br)s1)c1ncccc1F. The topological polar surface area (TPSA) is 50.9 Å². The Morgan fingerprint density at radius 3 is 2.88 bits per heavy atom. The molecule has 0 aliphatic heterocycles. The molecule has 0 fully saturated rings. The van der Waals surface area contributed by atoms with Gasteiger partial charge in [0.15, 0.2) is 0 Å². The lowest BCUT2D eigenvalue weighted by Gasteiger charge is -2.14. The summed E-state index contributed by atoms with van der Waals surface area (Å²) >= 11 is 4.99. The Bertz CT molecular complexity index is 503. The average Bonchev–Trinajstić information content (AvgIpc) is 2.73. The largest absolute Gasteiger partial charge is 0.271 e. The number of thiophene rings is 1. The van der Waals surface area contributed by atoms with Crippen LogP contribution in [0.1, 0.15) is 16.6 Å². The molecule has 90 valence electrons. The molecule has 2 heterocycles. The van der Waals surface area contributed by atoms with Gasteiger partial charge in [-0.3, -0.25) is 16.3 Å². The normalized spacial score (nSPS) is 12.6. The number of aromatic nitrogens is 1. The van der Waals surface area contributed by atoms with Crippen molar-refractivity contribution in [2.75, 3.05) is 0 Å². The van der Waals surface area contributed by atoms with E-state index in [0.29, 0.717) is 12.1 Å². The zero-order chi connectivity index (χ0) is 12.3. The minimum Gasteiger partial charge on any atom is -0.271 e. The van der Waals surface area contributed by atoms with Crippen LogP contribution in [-0.4, -0.2) is 4.98 Å². The van der Waals surface area contributed by atoms with Gasteiger partial charge in [-0.1, -0.05) is 0 Å². The zero-order valence-electron chi connectivity index (χ0n) is 8.86. The highest BCUT2D eigenvalue weighted by atomic mass is 79.9. The van der Waals surface area contributed by atoms with Crippen LogP contribution in [0.2, 0.25) is 0 Å². The molecule has 6 heteroatoms. The van der Waals surface area contributed by atoms with Gasteiger partial charge in [-0.2, -0.15) is 0 Å². The van der Waals surface area contributed by atoms with Crippen LogP contribution in [0.5, 0.6) is 0 Å². The fourth-order valence-corrected chi connectivity index (χ4v) is 3.08. The number of hydrogen-bond acceptors (Lipinski definition) is 4. The molecule has 0 aliphatic carbocycles. The number of nitrogens with two attached hydrogens (primary N) is 1. The molecular weight excluding hydrogens is 305 g/mol. The Labute approximate surface area is 111 Å². The zero-order valence-corrected chi connectivity index (χ0v) is 11.3. The Hall–Kier alpha value is -0.820. The van der Waals surface area contributed by atoms with E-state index in [1.807, 2.05) is 12.1 Å². The smallest absolute Gasteiger partial charge is 0.146 e. The second-order valence-electron chi connectivity index (χ2n) is 3.50. The summed E-state index contributed by atoms with van der Waals surface area (Å²) in [6.45, 7) is 0. The van der Waals surface area contributed by atoms with Crippen LogP contribution in [-0.2, 0) is 6.42 Å². The average molecular weight is 316 g/mol. The fraction of sp³-hybridized carbons (Fsp3) is 0.182. The van der Waals surface area contributed by atoms with Crippen LogP contribution in [0.25, 0.3) is 0 Å². The summed E-state index contributed by atoms with van der Waals surface area (Å²) in [6, 6.07) is 6.58. The number of hydrazine groups is 1. The first-order valence-electron chi connectivity index (χ1n) is 5.01. The van der Waals surface area contributed by atoms with Crippen LogP contribution in [0.3, 0.4) is 0 Å². The van der Waals surface area contributed by atoms with Gasteiger partial charge in [-0.15, -0.1) is 11.3 Å². The van der Waals surface area contributed by atoms with Crippen molar-refractivity contribution in [3.05, 3.63) is 50.6 Å². The maximum atomic E-state index is 13.6. The standard InChI is InChI=1S/C11H11BrFN3S/c12-10-4-3-7(17-10)6-9(16-14)11-8(13)2-1-5-15-11/h1-5,9,16H,6,14H2. The van der Waals surface area contributed by atoms with E-state index in [4.69, 9.17) is 5.84 Å². The molecule has 17 heavy (non-hydrogen) atoms. The van der Waals surface area contributed by atoms with Gasteiger partial charge in [0.1, 0.15) is 5.82 Å². The molecule has 3 nitrogen and oxygen atoms in total. The summed E-state index contributed by atoms with van der Waals surface area (Å²) < 4.78 is 14.6. The molecule has 0 bridgehead atoms. The summed E-state index contributed by atoms with van der Waals surface area (Å²) in [5.41, 5.74) is 2.95. The Kier molecular flexibility index (Phi) is 4.22. The highest BCUT2D eigenvalue weighted by Gasteiger charge is 2.16. The lowest BCUT2D eigenvalue weighted by Crippen LogP contribution is -2.30. The Balaban J connectivity index is 2.20. The third kappa shape index (κ3) is 3.10. The van der Waals surface area contributed by atoms with E-state index >= 15 is 0 Å². The number of rotatable bonds is 4. The molecular formula is C11H11BrFN3S. The fourth-order valence-electron chi connectivity index (χ4n) is 1.55. The first kappa shape index (κ1) is 12.6. The van der Waals surface area contributed by atoms with E-state index in [-0.39, 0.29) is 11.9 Å². The van der Waals surface area contributed by atoms with Crippen molar-refractivity contribution in [2.24, 2.45) is 5.84 Å². The number of nitrogens with one attached hydrogen (secondary N) is 1. The molecule has 0 radical (unpaired) electrons. The van der Waals surface area contributed by atoms with Crippen LogP contribution in [0.15, 0.2) is 34.2 Å². The first-order valence-corrected chi connectivity index (χ1v) is 6.62. The molecule has 0 amide bonds. The monoisotopic (exact) mass is 315 g/mol. The first-order chi connectivity index (χ1) is 8.20. The maximum absolute atomic E-state index is 13.6. The van der Waals surface area contributed by atoms with Crippen molar-refractivity contribution in [3.8, 4) is 0 Å². The summed E-state index contributed by atoms with van der Waals surface area (Å²) in [5.74, 6) is 5.12. The van der Waals surface area contributed by atoms with Gasteiger partial charge in [0.05, 0.1) is 15.5 Å². The van der Waals surface area contributed by atoms with Gasteiger partial charge < -0.3 is 0 Å². The molecule has 2 aromatic heterocycles. The van der Waals surface area contributed by atoms with Gasteiger partial charge in [0.2, 0.25) is 0 Å². The molecule has 0 saturated heterocycles. The predicted octanol–water partition coefficient (Wildman–Crippen LogP) is 2.79. The maximum Gasteiger partial charge on any atom is 0.146 e. The number of halogens is 2. The number of hydrogen-bond donors (Lipinski definition) is 2. The van der Waals surface area contributed by atoms with Crippen molar-refractivity contribution >= 4 is 27.3 Å². The Morgan fingerprint density at radius 2 is 2.29 bits per heavy atom. The lowest BCUT2D eigenvalue weighted by atomic mass is 10.1. The summed E-state index contributed by atoms with van der Waals surface area (Å²) in [4.78, 5) is 5.14. The number of nitrogens with zero attached hydrogens (tertiary/aromatic N) is 1. The van der Waals surface area contributed by atoms with Gasteiger partial charge in [-0.25, -0.2) is 4.39 Å². The summed E-state index contributed by atoms with van der Waals surface area (Å²) in [7, 11) is 0. The molecule has 1 unspecified atom stereocenters. The van der Waals surface area contributed by atoms with Gasteiger partial charge >= 0.3 is 0 Å². The van der Waals surface area contributed by atoms with E-state index in [2.05, 4.69) is 26.3 Å². The van der Waals surface area contributed by atoms with Gasteiger partial charge in [0, 0.05) is 17.5 Å². The van der Waals surface area contributed by atoms with E-state index in [0.717, 1.165) is 8.66 Å². The van der Waals surface area contributed by atoms with Crippen molar-refractivity contribution < 1.29 is 4.39 Å². The minimum atomic E-state index is -0.342. The van der Waals surface area contributed by atoms with Crippen molar-refractivity contribution in [1.82, 2.24) is 10.4 Å². The molecule has 2 rings (SSSR count).